The van der Waals surface area contributed by atoms with Crippen LogP contribution in [0.15, 0.2) is 43.0 Å². The van der Waals surface area contributed by atoms with Crippen LogP contribution in [0.3, 0.4) is 0 Å². The smallest absolute Gasteiger partial charge is 0.200 e. The van der Waals surface area contributed by atoms with Gasteiger partial charge in [-0.25, -0.2) is 8.78 Å². The SMILES string of the molecule is C=CCCOc1ccc(C2CCC(COc3ccc(C4CCC(C(O)CCC)CC4)c(F)c3F)CC2)c(F)c1. The van der Waals surface area contributed by atoms with Gasteiger partial charge >= 0.3 is 0 Å². The van der Waals surface area contributed by atoms with E-state index in [9.17, 15) is 13.9 Å². The number of benzene rings is 2. The van der Waals surface area contributed by atoms with Crippen molar-refractivity contribution in [2.75, 3.05) is 13.2 Å². The van der Waals surface area contributed by atoms with Crippen LogP contribution in [-0.2, 0) is 0 Å². The minimum Gasteiger partial charge on any atom is -0.493 e. The van der Waals surface area contributed by atoms with Crippen LogP contribution in [-0.4, -0.2) is 24.4 Å². The van der Waals surface area contributed by atoms with Gasteiger partial charge in [0.1, 0.15) is 11.6 Å². The van der Waals surface area contributed by atoms with E-state index in [4.69, 9.17) is 9.47 Å². The number of rotatable bonds is 12. The highest BCUT2D eigenvalue weighted by molar-refractivity contribution is 5.34. The maximum atomic E-state index is 15.0. The van der Waals surface area contributed by atoms with Gasteiger partial charge < -0.3 is 14.6 Å². The summed E-state index contributed by atoms with van der Waals surface area (Å²) in [5, 5.41) is 10.3. The van der Waals surface area contributed by atoms with Crippen molar-refractivity contribution in [3.63, 3.8) is 0 Å². The molecule has 2 aromatic rings. The molecule has 0 spiro atoms. The Balaban J connectivity index is 1.26. The fourth-order valence-electron chi connectivity index (χ4n) is 6.36. The van der Waals surface area contributed by atoms with Gasteiger partial charge in [-0.05, 0) is 111 Å². The van der Waals surface area contributed by atoms with Crippen molar-refractivity contribution < 1.29 is 27.8 Å². The number of halogens is 3. The quantitative estimate of drug-likeness (QED) is 0.214. The summed E-state index contributed by atoms with van der Waals surface area (Å²) >= 11 is 0. The summed E-state index contributed by atoms with van der Waals surface area (Å²) < 4.78 is 56.0. The number of aliphatic hydroxyl groups is 1. The van der Waals surface area contributed by atoms with E-state index in [1.165, 1.54) is 6.07 Å². The highest BCUT2D eigenvalue weighted by Crippen LogP contribution is 2.41. The molecule has 3 nitrogen and oxygen atoms in total. The molecule has 0 bridgehead atoms. The lowest BCUT2D eigenvalue weighted by Crippen LogP contribution is -2.25. The van der Waals surface area contributed by atoms with Crippen molar-refractivity contribution in [3.8, 4) is 11.5 Å². The lowest BCUT2D eigenvalue weighted by atomic mass is 9.76. The van der Waals surface area contributed by atoms with E-state index in [2.05, 4.69) is 13.5 Å². The molecule has 2 fully saturated rings. The van der Waals surface area contributed by atoms with Gasteiger partial charge in [0, 0.05) is 6.07 Å². The standard InChI is InChI=1S/C33H43F3O3/c1-3-5-19-38-26-15-16-27(29(34)20-26)23-9-7-22(8-10-23)21-39-31-18-17-28(32(35)33(31)36)24-11-13-25(14-12-24)30(37)6-4-2/h3,15-18,20,22-25,30,37H,1,4-14,19,21H2,2H3. The van der Waals surface area contributed by atoms with Crippen molar-refractivity contribution in [2.45, 2.75) is 95.5 Å². The van der Waals surface area contributed by atoms with Gasteiger partial charge in [0.2, 0.25) is 5.82 Å². The zero-order chi connectivity index (χ0) is 27.8. The third-order valence-corrected chi connectivity index (χ3v) is 8.74. The van der Waals surface area contributed by atoms with Crippen LogP contribution in [0.25, 0.3) is 0 Å². The van der Waals surface area contributed by atoms with Crippen LogP contribution < -0.4 is 9.47 Å². The van der Waals surface area contributed by atoms with Gasteiger partial charge in [0.25, 0.3) is 0 Å². The van der Waals surface area contributed by atoms with Gasteiger partial charge in [0.05, 0.1) is 19.3 Å². The summed E-state index contributed by atoms with van der Waals surface area (Å²) in [6.45, 7) is 6.52. The van der Waals surface area contributed by atoms with Gasteiger partial charge in [-0.15, -0.1) is 6.58 Å². The summed E-state index contributed by atoms with van der Waals surface area (Å²) in [5.74, 6) is -0.886. The molecule has 0 aliphatic heterocycles. The van der Waals surface area contributed by atoms with Gasteiger partial charge in [-0.2, -0.15) is 4.39 Å². The van der Waals surface area contributed by atoms with E-state index in [-0.39, 0.29) is 41.3 Å². The van der Waals surface area contributed by atoms with Crippen molar-refractivity contribution in [1.29, 1.82) is 0 Å². The number of hydrogen-bond acceptors (Lipinski definition) is 3. The fourth-order valence-corrected chi connectivity index (χ4v) is 6.36. The van der Waals surface area contributed by atoms with E-state index >= 15 is 4.39 Å². The predicted molar refractivity (Wildman–Crippen MR) is 149 cm³/mol. The number of aliphatic hydroxyl groups excluding tert-OH is 1. The first-order chi connectivity index (χ1) is 18.9. The number of hydrogen-bond donors (Lipinski definition) is 1. The largest absolute Gasteiger partial charge is 0.493 e. The molecule has 0 aromatic heterocycles. The molecule has 1 atom stereocenters. The molecular formula is C33H43F3O3. The molecule has 214 valence electrons. The Bertz CT molecular complexity index is 1070. The number of ether oxygens (including phenoxy) is 2. The molecule has 39 heavy (non-hydrogen) atoms. The van der Waals surface area contributed by atoms with Gasteiger partial charge in [0.15, 0.2) is 11.6 Å². The van der Waals surface area contributed by atoms with Crippen LogP contribution in [0.1, 0.15) is 101 Å². The second kappa shape index (κ2) is 14.2. The molecule has 2 aromatic carbocycles. The minimum absolute atomic E-state index is 0.0259. The molecule has 0 radical (unpaired) electrons. The van der Waals surface area contributed by atoms with Crippen LogP contribution in [0.5, 0.6) is 11.5 Å². The van der Waals surface area contributed by atoms with Crippen molar-refractivity contribution in [3.05, 3.63) is 71.6 Å². The Kier molecular flexibility index (Phi) is 10.8. The maximum absolute atomic E-state index is 15.0. The lowest BCUT2D eigenvalue weighted by molar-refractivity contribution is 0.0727. The molecular weight excluding hydrogens is 501 g/mol. The van der Waals surface area contributed by atoms with E-state index in [1.54, 1.807) is 18.2 Å². The van der Waals surface area contributed by atoms with Crippen LogP contribution in [0, 0.1) is 29.3 Å². The van der Waals surface area contributed by atoms with Crippen LogP contribution in [0.4, 0.5) is 13.2 Å². The van der Waals surface area contributed by atoms with E-state index in [0.717, 1.165) is 64.2 Å². The second-order valence-corrected chi connectivity index (χ2v) is 11.4. The topological polar surface area (TPSA) is 38.7 Å². The zero-order valence-electron chi connectivity index (χ0n) is 23.1. The Morgan fingerprint density at radius 2 is 1.56 bits per heavy atom. The summed E-state index contributed by atoms with van der Waals surface area (Å²) in [4.78, 5) is 0. The Labute approximate surface area is 231 Å². The molecule has 2 aliphatic carbocycles. The summed E-state index contributed by atoms with van der Waals surface area (Å²) in [7, 11) is 0. The van der Waals surface area contributed by atoms with E-state index in [1.807, 2.05) is 12.1 Å². The first-order valence-electron chi connectivity index (χ1n) is 14.7. The van der Waals surface area contributed by atoms with Crippen molar-refractivity contribution >= 4 is 0 Å². The van der Waals surface area contributed by atoms with E-state index < -0.39 is 11.6 Å². The zero-order valence-corrected chi connectivity index (χ0v) is 23.1. The molecule has 0 amide bonds. The van der Waals surface area contributed by atoms with Crippen LogP contribution in [0.2, 0.25) is 0 Å². The maximum Gasteiger partial charge on any atom is 0.200 e. The average molecular weight is 545 g/mol. The monoisotopic (exact) mass is 544 g/mol. The molecule has 4 rings (SSSR count). The van der Waals surface area contributed by atoms with E-state index in [0.29, 0.717) is 36.5 Å². The Morgan fingerprint density at radius 1 is 0.897 bits per heavy atom. The molecule has 1 N–H and O–H groups in total. The highest BCUT2D eigenvalue weighted by Gasteiger charge is 2.30. The molecule has 2 saturated carbocycles. The molecule has 0 saturated heterocycles. The summed E-state index contributed by atoms with van der Waals surface area (Å²) in [6.07, 6.45) is 10.5. The third-order valence-electron chi connectivity index (χ3n) is 8.74. The van der Waals surface area contributed by atoms with Gasteiger partial charge in [-0.1, -0.05) is 31.6 Å². The molecule has 0 heterocycles. The lowest BCUT2D eigenvalue weighted by Gasteiger charge is -2.32. The third kappa shape index (κ3) is 7.59. The van der Waals surface area contributed by atoms with Gasteiger partial charge in [-0.3, -0.25) is 0 Å². The predicted octanol–water partition coefficient (Wildman–Crippen LogP) is 8.85. The first kappa shape index (κ1) is 29.5. The molecule has 1 unspecified atom stereocenters. The normalized spacial score (nSPS) is 24.2. The second-order valence-electron chi connectivity index (χ2n) is 11.4. The molecule has 6 heteroatoms. The minimum atomic E-state index is -0.910. The van der Waals surface area contributed by atoms with Crippen molar-refractivity contribution in [2.24, 2.45) is 11.8 Å². The van der Waals surface area contributed by atoms with Crippen LogP contribution >= 0.6 is 0 Å². The average Bonchev–Trinajstić information content (AvgIpc) is 2.95. The fraction of sp³-hybridized carbons (Fsp3) is 0.576. The summed E-state index contributed by atoms with van der Waals surface area (Å²) in [5.41, 5.74) is 1.13. The summed E-state index contributed by atoms with van der Waals surface area (Å²) in [6, 6.07) is 8.33. The highest BCUT2D eigenvalue weighted by atomic mass is 19.2. The Hall–Kier alpha value is -2.47. The van der Waals surface area contributed by atoms with Crippen molar-refractivity contribution in [1.82, 2.24) is 0 Å². The first-order valence-corrected chi connectivity index (χ1v) is 14.7. The Morgan fingerprint density at radius 3 is 2.23 bits per heavy atom. The molecule has 2 aliphatic rings.